The fourth-order valence-corrected chi connectivity index (χ4v) is 2.82. The lowest BCUT2D eigenvalue weighted by molar-refractivity contribution is -0.124. The number of hydrogen-bond donors (Lipinski definition) is 1. The molecule has 114 valence electrons. The van der Waals surface area contributed by atoms with Crippen molar-refractivity contribution >= 4 is 11.8 Å². The lowest BCUT2D eigenvalue weighted by Gasteiger charge is -2.16. The van der Waals surface area contributed by atoms with Gasteiger partial charge in [-0.05, 0) is 18.8 Å². The first-order valence-electron chi connectivity index (χ1n) is 8.25. The lowest BCUT2D eigenvalue weighted by atomic mass is 9.88. The monoisotopic (exact) mass is 279 g/mol. The van der Waals surface area contributed by atoms with E-state index < -0.39 is 0 Å². The molecule has 1 rings (SSSR count). The standard InChI is InChI=1S/C17H29NO2/c1-3-5-7-8-10-12-14(11-9-6-4-2)15-13-16(19)18-17(15)20/h13-14H,3-12H2,1-2H3,(H,18,19,20). The number of carbonyl (C=O) groups excluding carboxylic acids is 2. The lowest BCUT2D eigenvalue weighted by Crippen LogP contribution is -2.24. The summed E-state index contributed by atoms with van der Waals surface area (Å²) < 4.78 is 0. The van der Waals surface area contributed by atoms with Gasteiger partial charge < -0.3 is 0 Å². The van der Waals surface area contributed by atoms with Crippen LogP contribution in [-0.2, 0) is 9.59 Å². The molecule has 1 atom stereocenters. The van der Waals surface area contributed by atoms with Crippen LogP contribution in [0.25, 0.3) is 0 Å². The van der Waals surface area contributed by atoms with Crippen LogP contribution >= 0.6 is 0 Å². The molecular formula is C17H29NO2. The van der Waals surface area contributed by atoms with Crippen molar-refractivity contribution in [3.8, 4) is 0 Å². The fourth-order valence-electron chi connectivity index (χ4n) is 2.82. The maximum atomic E-state index is 11.8. The maximum absolute atomic E-state index is 11.8. The highest BCUT2D eigenvalue weighted by Gasteiger charge is 2.27. The molecule has 1 N–H and O–H groups in total. The molecule has 0 aromatic carbocycles. The summed E-state index contributed by atoms with van der Waals surface area (Å²) in [5.74, 6) is -0.129. The maximum Gasteiger partial charge on any atom is 0.254 e. The topological polar surface area (TPSA) is 46.2 Å². The molecule has 3 heteroatoms. The minimum atomic E-state index is -0.239. The molecule has 1 aliphatic rings. The van der Waals surface area contributed by atoms with Crippen LogP contribution in [0.3, 0.4) is 0 Å². The normalized spacial score (nSPS) is 16.2. The van der Waals surface area contributed by atoms with Gasteiger partial charge in [0.1, 0.15) is 0 Å². The minimum absolute atomic E-state index is 0.162. The first-order valence-corrected chi connectivity index (χ1v) is 8.25. The summed E-state index contributed by atoms with van der Waals surface area (Å²) in [4.78, 5) is 23.1. The number of amides is 2. The quantitative estimate of drug-likeness (QED) is 0.456. The number of nitrogens with one attached hydrogen (secondary N) is 1. The average Bonchev–Trinajstić information content (AvgIpc) is 2.75. The molecule has 1 heterocycles. The summed E-state index contributed by atoms with van der Waals surface area (Å²) in [6, 6.07) is 0. The van der Waals surface area contributed by atoms with Crippen LogP contribution < -0.4 is 5.32 Å². The van der Waals surface area contributed by atoms with Crippen molar-refractivity contribution in [2.45, 2.75) is 78.1 Å². The third-order valence-electron chi connectivity index (χ3n) is 4.04. The second kappa shape index (κ2) is 9.73. The summed E-state index contributed by atoms with van der Waals surface area (Å²) in [5.41, 5.74) is 0.724. The van der Waals surface area contributed by atoms with Gasteiger partial charge in [0.25, 0.3) is 11.8 Å². The van der Waals surface area contributed by atoms with Crippen molar-refractivity contribution in [2.24, 2.45) is 5.92 Å². The molecule has 0 aliphatic carbocycles. The minimum Gasteiger partial charge on any atom is -0.289 e. The van der Waals surface area contributed by atoms with Crippen molar-refractivity contribution in [3.05, 3.63) is 11.6 Å². The van der Waals surface area contributed by atoms with Gasteiger partial charge in [-0.1, -0.05) is 65.2 Å². The van der Waals surface area contributed by atoms with Gasteiger partial charge in [-0.3, -0.25) is 14.9 Å². The highest BCUT2D eigenvalue weighted by molar-refractivity contribution is 6.16. The summed E-state index contributed by atoms with van der Waals surface area (Å²) in [6.07, 6.45) is 13.4. The number of unbranched alkanes of at least 4 members (excludes halogenated alkanes) is 6. The zero-order valence-corrected chi connectivity index (χ0v) is 13.0. The van der Waals surface area contributed by atoms with Crippen molar-refractivity contribution in [1.29, 1.82) is 0 Å². The van der Waals surface area contributed by atoms with E-state index in [0.29, 0.717) is 0 Å². The predicted octanol–water partition coefficient (Wildman–Crippen LogP) is 4.13. The van der Waals surface area contributed by atoms with Gasteiger partial charge in [0.15, 0.2) is 0 Å². The molecule has 20 heavy (non-hydrogen) atoms. The molecule has 0 radical (unpaired) electrons. The summed E-state index contributed by atoms with van der Waals surface area (Å²) in [6.45, 7) is 4.40. The zero-order valence-electron chi connectivity index (χ0n) is 13.0. The third-order valence-corrected chi connectivity index (χ3v) is 4.04. The molecule has 0 spiro atoms. The molecule has 1 aliphatic heterocycles. The van der Waals surface area contributed by atoms with E-state index >= 15 is 0 Å². The van der Waals surface area contributed by atoms with Gasteiger partial charge in [0, 0.05) is 11.6 Å². The Labute approximate surface area is 123 Å². The van der Waals surface area contributed by atoms with Crippen molar-refractivity contribution in [3.63, 3.8) is 0 Å². The Kier molecular flexibility index (Phi) is 8.24. The zero-order chi connectivity index (χ0) is 14.8. The van der Waals surface area contributed by atoms with E-state index in [1.54, 1.807) is 0 Å². The van der Waals surface area contributed by atoms with E-state index in [2.05, 4.69) is 19.2 Å². The summed E-state index contributed by atoms with van der Waals surface area (Å²) in [5, 5.41) is 2.38. The van der Waals surface area contributed by atoms with Crippen LogP contribution in [0.5, 0.6) is 0 Å². The summed E-state index contributed by atoms with van der Waals surface area (Å²) in [7, 11) is 0. The molecule has 2 amide bonds. The van der Waals surface area contributed by atoms with E-state index in [0.717, 1.165) is 31.3 Å². The first kappa shape index (κ1) is 16.9. The smallest absolute Gasteiger partial charge is 0.254 e. The van der Waals surface area contributed by atoms with E-state index in [9.17, 15) is 9.59 Å². The fraction of sp³-hybridized carbons (Fsp3) is 0.765. The van der Waals surface area contributed by atoms with Crippen LogP contribution in [-0.4, -0.2) is 11.8 Å². The average molecular weight is 279 g/mol. The Hall–Kier alpha value is -1.12. The van der Waals surface area contributed by atoms with Crippen molar-refractivity contribution < 1.29 is 9.59 Å². The molecule has 0 fully saturated rings. The second-order valence-electron chi connectivity index (χ2n) is 5.81. The van der Waals surface area contributed by atoms with Gasteiger partial charge in [-0.25, -0.2) is 0 Å². The van der Waals surface area contributed by atoms with Crippen molar-refractivity contribution in [2.75, 3.05) is 0 Å². The van der Waals surface area contributed by atoms with Crippen molar-refractivity contribution in [1.82, 2.24) is 5.32 Å². The number of carbonyl (C=O) groups is 2. The van der Waals surface area contributed by atoms with E-state index in [4.69, 9.17) is 0 Å². The molecule has 0 saturated carbocycles. The molecule has 0 aromatic heterocycles. The van der Waals surface area contributed by atoms with Gasteiger partial charge >= 0.3 is 0 Å². The van der Waals surface area contributed by atoms with Gasteiger partial charge in [-0.2, -0.15) is 0 Å². The van der Waals surface area contributed by atoms with Crippen LogP contribution in [0.2, 0.25) is 0 Å². The second-order valence-corrected chi connectivity index (χ2v) is 5.81. The third kappa shape index (κ3) is 5.89. The number of imide groups is 1. The summed E-state index contributed by atoms with van der Waals surface area (Å²) >= 11 is 0. The van der Waals surface area contributed by atoms with Gasteiger partial charge in [-0.15, -0.1) is 0 Å². The van der Waals surface area contributed by atoms with Crippen LogP contribution in [0.15, 0.2) is 11.6 Å². The number of hydrogen-bond acceptors (Lipinski definition) is 2. The predicted molar refractivity (Wildman–Crippen MR) is 82.2 cm³/mol. The molecule has 0 aromatic rings. The van der Waals surface area contributed by atoms with Gasteiger partial charge in [0.2, 0.25) is 0 Å². The Morgan fingerprint density at radius 2 is 1.45 bits per heavy atom. The molecule has 0 bridgehead atoms. The largest absolute Gasteiger partial charge is 0.289 e. The van der Waals surface area contributed by atoms with E-state index in [1.807, 2.05) is 0 Å². The van der Waals surface area contributed by atoms with E-state index in [-0.39, 0.29) is 17.7 Å². The first-order chi connectivity index (χ1) is 9.69. The van der Waals surface area contributed by atoms with Crippen LogP contribution in [0, 0.1) is 5.92 Å². The highest BCUT2D eigenvalue weighted by atomic mass is 16.2. The Balaban J connectivity index is 2.45. The SMILES string of the molecule is CCCCCCCC(CCCCC)C1=CC(=O)NC1=O. The van der Waals surface area contributed by atoms with Crippen LogP contribution in [0.4, 0.5) is 0 Å². The van der Waals surface area contributed by atoms with Crippen LogP contribution in [0.1, 0.15) is 78.1 Å². The Morgan fingerprint density at radius 1 is 0.900 bits per heavy atom. The Morgan fingerprint density at radius 3 is 2.00 bits per heavy atom. The molecule has 0 saturated heterocycles. The van der Waals surface area contributed by atoms with E-state index in [1.165, 1.54) is 44.6 Å². The number of rotatable bonds is 11. The molecule has 3 nitrogen and oxygen atoms in total. The molecular weight excluding hydrogens is 250 g/mol. The molecule has 1 unspecified atom stereocenters. The van der Waals surface area contributed by atoms with Gasteiger partial charge in [0.05, 0.1) is 0 Å². The highest BCUT2D eigenvalue weighted by Crippen LogP contribution is 2.27. The Bertz CT molecular complexity index is 347.